The fraction of sp³-hybridized carbons (Fsp3) is 0.310. The lowest BCUT2D eigenvalue weighted by atomic mass is 9.79. The molecule has 0 bridgehead atoms. The Bertz CT molecular complexity index is 1500. The second kappa shape index (κ2) is 10.1. The van der Waals surface area contributed by atoms with Crippen LogP contribution in [-0.2, 0) is 21.6 Å². The summed E-state index contributed by atoms with van der Waals surface area (Å²) in [5.74, 6) is -2.54. The van der Waals surface area contributed by atoms with Crippen molar-refractivity contribution >= 4 is 23.3 Å². The SMILES string of the molecule is CC(O)C(=O)[C@@]1(Cc2cccc(C#N)n2)c2ccc(-c3ccc(Cl)cc3)c(F)c2C(=O)N1OCC1(CO)CC1. The maximum Gasteiger partial charge on any atom is 0.282 e. The predicted molar refractivity (Wildman–Crippen MR) is 139 cm³/mol. The molecule has 1 aliphatic heterocycles. The Morgan fingerprint density at radius 3 is 2.56 bits per heavy atom. The third-order valence-electron chi connectivity index (χ3n) is 7.43. The normalized spacial score (nSPS) is 19.9. The molecule has 2 N–H and O–H groups in total. The number of benzene rings is 2. The molecule has 1 saturated carbocycles. The molecule has 8 nitrogen and oxygen atoms in total. The van der Waals surface area contributed by atoms with Crippen LogP contribution in [0.4, 0.5) is 4.39 Å². The van der Waals surface area contributed by atoms with E-state index < -0.39 is 34.6 Å². The number of aliphatic hydroxyl groups excluding tert-OH is 2. The lowest BCUT2D eigenvalue weighted by Crippen LogP contribution is -2.55. The molecule has 1 aliphatic carbocycles. The first-order valence-corrected chi connectivity index (χ1v) is 12.8. The van der Waals surface area contributed by atoms with Crippen LogP contribution in [0.3, 0.4) is 0 Å². The van der Waals surface area contributed by atoms with Gasteiger partial charge in [-0.15, -0.1) is 0 Å². The number of aliphatic hydroxyl groups is 2. The number of hydrogen-bond donors (Lipinski definition) is 2. The predicted octanol–water partition coefficient (Wildman–Crippen LogP) is 3.96. The van der Waals surface area contributed by atoms with Gasteiger partial charge in [0.2, 0.25) is 0 Å². The lowest BCUT2D eigenvalue weighted by Gasteiger charge is -2.38. The van der Waals surface area contributed by atoms with Crippen molar-refractivity contribution < 1.29 is 29.0 Å². The zero-order chi connectivity index (χ0) is 27.9. The highest BCUT2D eigenvalue weighted by Crippen LogP contribution is 2.49. The number of hydroxylamine groups is 2. The molecule has 0 spiro atoms. The summed E-state index contributed by atoms with van der Waals surface area (Å²) in [6.07, 6.45) is -0.509. The molecule has 3 aromatic rings. The van der Waals surface area contributed by atoms with Crippen LogP contribution in [0.2, 0.25) is 5.02 Å². The Morgan fingerprint density at radius 1 is 1.23 bits per heavy atom. The molecular formula is C29H25ClFN3O5. The van der Waals surface area contributed by atoms with Crippen LogP contribution in [0.1, 0.15) is 47.1 Å². The Morgan fingerprint density at radius 2 is 1.95 bits per heavy atom. The van der Waals surface area contributed by atoms with Crippen LogP contribution in [0.5, 0.6) is 0 Å². The topological polar surface area (TPSA) is 124 Å². The summed E-state index contributed by atoms with van der Waals surface area (Å²) in [6, 6.07) is 16.0. The van der Waals surface area contributed by atoms with Crippen molar-refractivity contribution in [3.05, 3.63) is 88.0 Å². The van der Waals surface area contributed by atoms with Crippen molar-refractivity contribution in [2.45, 2.75) is 37.8 Å². The first-order valence-electron chi connectivity index (χ1n) is 12.4. The summed E-state index contributed by atoms with van der Waals surface area (Å²) in [5.41, 5.74) is -1.94. The van der Waals surface area contributed by atoms with Gasteiger partial charge < -0.3 is 10.2 Å². The summed E-state index contributed by atoms with van der Waals surface area (Å²) in [4.78, 5) is 38.0. The zero-order valence-corrected chi connectivity index (χ0v) is 21.8. The van der Waals surface area contributed by atoms with E-state index in [-0.39, 0.29) is 47.7 Å². The Hall–Kier alpha value is -3.68. The maximum atomic E-state index is 16.2. The maximum absolute atomic E-state index is 16.2. The van der Waals surface area contributed by atoms with Gasteiger partial charge in [-0.2, -0.15) is 10.3 Å². The minimum atomic E-state index is -1.98. The monoisotopic (exact) mass is 549 g/mol. The van der Waals surface area contributed by atoms with Gasteiger partial charge in [0.25, 0.3) is 5.91 Å². The number of pyridine rings is 1. The summed E-state index contributed by atoms with van der Waals surface area (Å²) < 4.78 is 16.2. The highest BCUT2D eigenvalue weighted by molar-refractivity contribution is 6.30. The number of rotatable bonds is 9. The van der Waals surface area contributed by atoms with Crippen LogP contribution >= 0.6 is 11.6 Å². The molecule has 0 saturated heterocycles. The van der Waals surface area contributed by atoms with E-state index in [1.807, 2.05) is 6.07 Å². The molecule has 2 atom stereocenters. The second-order valence-electron chi connectivity index (χ2n) is 10.1. The molecule has 10 heteroatoms. The van der Waals surface area contributed by atoms with E-state index in [4.69, 9.17) is 16.4 Å². The Kier molecular flexibility index (Phi) is 6.99. The molecule has 0 radical (unpaired) electrons. The standard InChI is InChI=1S/C29H25ClFN3O5/c1-17(36)26(37)29(13-20-3-2-4-21(14-32)33-20)23-10-9-22(18-5-7-19(30)8-6-18)25(31)24(23)27(38)34(29)39-16-28(15-35)11-12-28/h2-10,17,35-36H,11-13,15-16H2,1H3/t17?,29-/m1/s1. The van der Waals surface area contributed by atoms with Crippen LogP contribution in [0.25, 0.3) is 11.1 Å². The quantitative estimate of drug-likeness (QED) is 0.414. The number of carbonyl (C=O) groups excluding carboxylic acids is 2. The van der Waals surface area contributed by atoms with Crippen LogP contribution in [0, 0.1) is 22.6 Å². The van der Waals surface area contributed by atoms with E-state index in [0.29, 0.717) is 23.4 Å². The van der Waals surface area contributed by atoms with Gasteiger partial charge in [-0.1, -0.05) is 41.9 Å². The van der Waals surface area contributed by atoms with Crippen molar-refractivity contribution in [1.82, 2.24) is 10.0 Å². The summed E-state index contributed by atoms with van der Waals surface area (Å²) >= 11 is 5.99. The Labute approximate surface area is 229 Å². The number of aromatic nitrogens is 1. The highest BCUT2D eigenvalue weighted by atomic mass is 35.5. The molecule has 2 aromatic carbocycles. The van der Waals surface area contributed by atoms with E-state index in [0.717, 1.165) is 5.06 Å². The minimum Gasteiger partial charge on any atom is -0.396 e. The summed E-state index contributed by atoms with van der Waals surface area (Å²) in [6.45, 7) is 0.994. The van der Waals surface area contributed by atoms with Crippen LogP contribution in [0.15, 0.2) is 54.6 Å². The minimum absolute atomic E-state index is 0.0200. The average Bonchev–Trinajstić information content (AvgIpc) is 3.68. The van der Waals surface area contributed by atoms with Crippen molar-refractivity contribution in [2.75, 3.05) is 13.2 Å². The number of halogens is 2. The molecule has 39 heavy (non-hydrogen) atoms. The largest absolute Gasteiger partial charge is 0.396 e. The first-order chi connectivity index (χ1) is 18.7. The molecule has 200 valence electrons. The number of Topliss-reactive ketones (excluding diaryl/α,β-unsaturated/α-hetero) is 1. The molecular weight excluding hydrogens is 525 g/mol. The van der Waals surface area contributed by atoms with Gasteiger partial charge in [0, 0.05) is 33.7 Å². The fourth-order valence-electron chi connectivity index (χ4n) is 5.00. The van der Waals surface area contributed by atoms with Crippen LogP contribution in [-0.4, -0.2) is 51.3 Å². The summed E-state index contributed by atoms with van der Waals surface area (Å²) in [7, 11) is 0. The van der Waals surface area contributed by atoms with Crippen molar-refractivity contribution in [1.29, 1.82) is 5.26 Å². The highest BCUT2D eigenvalue weighted by Gasteiger charge is 2.59. The number of ketones is 1. The van der Waals surface area contributed by atoms with E-state index in [1.54, 1.807) is 36.4 Å². The number of nitrogens with zero attached hydrogens (tertiary/aromatic N) is 3. The van der Waals surface area contributed by atoms with E-state index >= 15 is 4.39 Å². The fourth-order valence-corrected chi connectivity index (χ4v) is 5.12. The van der Waals surface area contributed by atoms with Gasteiger partial charge in [-0.3, -0.25) is 14.4 Å². The van der Waals surface area contributed by atoms with E-state index in [2.05, 4.69) is 4.98 Å². The molecule has 1 fully saturated rings. The van der Waals surface area contributed by atoms with Crippen molar-refractivity contribution in [3.8, 4) is 17.2 Å². The number of amides is 1. The number of nitriles is 1. The molecule has 1 aromatic heterocycles. The molecule has 5 rings (SSSR count). The number of carbonyl (C=O) groups is 2. The lowest BCUT2D eigenvalue weighted by molar-refractivity contribution is -0.202. The molecule has 2 heterocycles. The molecule has 2 aliphatic rings. The van der Waals surface area contributed by atoms with Gasteiger partial charge in [0.1, 0.15) is 23.7 Å². The number of fused-ring (bicyclic) bond motifs is 1. The van der Waals surface area contributed by atoms with Crippen molar-refractivity contribution in [3.63, 3.8) is 0 Å². The third-order valence-corrected chi connectivity index (χ3v) is 7.68. The van der Waals surface area contributed by atoms with Gasteiger partial charge in [-0.05, 0) is 49.6 Å². The number of hydrogen-bond acceptors (Lipinski definition) is 7. The smallest absolute Gasteiger partial charge is 0.282 e. The van der Waals surface area contributed by atoms with Crippen molar-refractivity contribution in [2.24, 2.45) is 5.41 Å². The van der Waals surface area contributed by atoms with E-state index in [1.165, 1.54) is 25.1 Å². The third kappa shape index (κ3) is 4.60. The second-order valence-corrected chi connectivity index (χ2v) is 10.5. The molecule has 1 unspecified atom stereocenters. The van der Waals surface area contributed by atoms with Crippen LogP contribution < -0.4 is 0 Å². The van der Waals surface area contributed by atoms with Gasteiger partial charge >= 0.3 is 0 Å². The molecule has 1 amide bonds. The summed E-state index contributed by atoms with van der Waals surface area (Å²) in [5, 5.41) is 31.0. The average molecular weight is 550 g/mol. The first kappa shape index (κ1) is 26.9. The van der Waals surface area contributed by atoms with Gasteiger partial charge in [0.15, 0.2) is 11.3 Å². The Balaban J connectivity index is 1.71. The zero-order valence-electron chi connectivity index (χ0n) is 21.0. The van der Waals surface area contributed by atoms with E-state index in [9.17, 15) is 25.1 Å². The van der Waals surface area contributed by atoms with Gasteiger partial charge in [-0.25, -0.2) is 9.37 Å². The van der Waals surface area contributed by atoms with Gasteiger partial charge in [0.05, 0.1) is 18.8 Å².